The molecule has 128 valence electrons. The van der Waals surface area contributed by atoms with Gasteiger partial charge in [0.1, 0.15) is 0 Å². The molecule has 9 heteroatoms. The second-order valence-corrected chi connectivity index (χ2v) is 5.97. The molecule has 0 bridgehead atoms. The Hall–Kier alpha value is -3.07. The van der Waals surface area contributed by atoms with E-state index < -0.39 is 11.0 Å². The van der Waals surface area contributed by atoms with Crippen LogP contribution in [0.15, 0.2) is 45.5 Å². The van der Waals surface area contributed by atoms with Crippen molar-refractivity contribution >= 4 is 23.0 Å². The van der Waals surface area contributed by atoms with Gasteiger partial charge in [-0.3, -0.25) is 14.9 Å². The number of benzene rings is 1. The number of nitrogens with zero attached hydrogens (tertiary/aromatic N) is 3. The van der Waals surface area contributed by atoms with Crippen LogP contribution < -0.4 is 0 Å². The van der Waals surface area contributed by atoms with E-state index in [4.69, 9.17) is 9.15 Å². The quantitative estimate of drug-likeness (QED) is 0.376. The van der Waals surface area contributed by atoms with Crippen molar-refractivity contribution in [3.05, 3.63) is 62.7 Å². The van der Waals surface area contributed by atoms with Gasteiger partial charge in [-0.25, -0.2) is 0 Å². The molecule has 0 N–H and O–H groups in total. The van der Waals surface area contributed by atoms with Gasteiger partial charge in [0.2, 0.25) is 5.89 Å². The molecule has 0 unspecified atom stereocenters. The van der Waals surface area contributed by atoms with Crippen molar-refractivity contribution in [2.75, 3.05) is 0 Å². The van der Waals surface area contributed by atoms with Gasteiger partial charge < -0.3 is 9.15 Å². The Labute approximate surface area is 146 Å². The smallest absolute Gasteiger partial charge is 0.311 e. The van der Waals surface area contributed by atoms with Gasteiger partial charge in [0.15, 0.2) is 6.10 Å². The Balaban J connectivity index is 1.65. The van der Waals surface area contributed by atoms with Gasteiger partial charge in [-0.15, -0.1) is 10.2 Å². The summed E-state index contributed by atoms with van der Waals surface area (Å²) in [6.45, 7) is 1.64. The zero-order valence-corrected chi connectivity index (χ0v) is 13.9. The Bertz CT molecular complexity index is 874. The van der Waals surface area contributed by atoms with E-state index in [1.165, 1.54) is 35.6 Å². The van der Waals surface area contributed by atoms with Gasteiger partial charge in [0.25, 0.3) is 11.6 Å². The number of nitro benzene ring substituents is 1. The number of hydrogen-bond acceptors (Lipinski definition) is 8. The first-order chi connectivity index (χ1) is 12.0. The number of esters is 1. The summed E-state index contributed by atoms with van der Waals surface area (Å²) in [7, 11) is 0. The summed E-state index contributed by atoms with van der Waals surface area (Å²) in [5.74, 6) is -0.0290. The Morgan fingerprint density at radius 1 is 1.32 bits per heavy atom. The third-order valence-electron chi connectivity index (χ3n) is 3.35. The van der Waals surface area contributed by atoms with E-state index in [0.717, 1.165) is 5.56 Å². The highest BCUT2D eigenvalue weighted by Gasteiger charge is 2.19. The molecule has 1 atom stereocenters. The lowest BCUT2D eigenvalue weighted by atomic mass is 10.2. The number of carbonyl (C=O) groups excluding carboxylic acids is 1. The Morgan fingerprint density at radius 2 is 2.08 bits per heavy atom. The minimum absolute atomic E-state index is 0.0285. The zero-order chi connectivity index (χ0) is 17.8. The molecule has 3 rings (SSSR count). The molecule has 0 saturated heterocycles. The number of hydrogen-bond donors (Lipinski definition) is 0. The van der Waals surface area contributed by atoms with Crippen molar-refractivity contribution in [1.29, 1.82) is 0 Å². The van der Waals surface area contributed by atoms with Crippen molar-refractivity contribution in [3.8, 4) is 11.5 Å². The second-order valence-electron chi connectivity index (χ2n) is 5.19. The van der Waals surface area contributed by atoms with E-state index >= 15 is 0 Å². The van der Waals surface area contributed by atoms with Gasteiger partial charge in [0, 0.05) is 17.7 Å². The maximum absolute atomic E-state index is 11.9. The summed E-state index contributed by atoms with van der Waals surface area (Å²) in [5.41, 5.74) is 1.40. The molecule has 25 heavy (non-hydrogen) atoms. The number of thiophene rings is 1. The molecular weight excluding hydrogens is 346 g/mol. The highest BCUT2D eigenvalue weighted by Crippen LogP contribution is 2.24. The van der Waals surface area contributed by atoms with Crippen molar-refractivity contribution in [2.45, 2.75) is 19.4 Å². The summed E-state index contributed by atoms with van der Waals surface area (Å²) in [5, 5.41) is 22.2. The SMILES string of the molecule is C[C@@H](OC(=O)Cc1ccsc1)c1nnc(-c2ccc([N+](=O)[O-])cc2)o1. The molecule has 2 aromatic heterocycles. The van der Waals surface area contributed by atoms with Crippen molar-refractivity contribution in [2.24, 2.45) is 0 Å². The number of aromatic nitrogens is 2. The minimum Gasteiger partial charge on any atom is -0.452 e. The molecule has 0 aliphatic rings. The van der Waals surface area contributed by atoms with Gasteiger partial charge in [-0.1, -0.05) is 0 Å². The molecule has 0 saturated carbocycles. The highest BCUT2D eigenvalue weighted by atomic mass is 32.1. The summed E-state index contributed by atoms with van der Waals surface area (Å²) in [6.07, 6.45) is -0.512. The Kier molecular flexibility index (Phi) is 4.85. The van der Waals surface area contributed by atoms with Crippen LogP contribution in [0.1, 0.15) is 24.5 Å². The van der Waals surface area contributed by atoms with Gasteiger partial charge >= 0.3 is 5.97 Å². The number of nitro groups is 1. The highest BCUT2D eigenvalue weighted by molar-refractivity contribution is 7.07. The first-order valence-corrected chi connectivity index (χ1v) is 8.26. The fraction of sp³-hybridized carbons (Fsp3) is 0.188. The largest absolute Gasteiger partial charge is 0.452 e. The van der Waals surface area contributed by atoms with E-state index in [1.54, 1.807) is 6.92 Å². The fourth-order valence-electron chi connectivity index (χ4n) is 2.09. The van der Waals surface area contributed by atoms with Gasteiger partial charge in [-0.2, -0.15) is 11.3 Å². The van der Waals surface area contributed by atoms with Crippen LogP contribution in [0, 0.1) is 10.1 Å². The van der Waals surface area contributed by atoms with Crippen LogP contribution in [-0.4, -0.2) is 21.1 Å². The molecule has 3 aromatic rings. The lowest BCUT2D eigenvalue weighted by Crippen LogP contribution is -2.11. The standard InChI is InChI=1S/C16H13N3O5S/c1-10(23-14(20)8-11-6-7-25-9-11)15-17-18-16(24-15)12-2-4-13(5-3-12)19(21)22/h2-7,9-10H,8H2,1H3/t10-/m1/s1. The molecule has 8 nitrogen and oxygen atoms in total. The Morgan fingerprint density at radius 3 is 2.72 bits per heavy atom. The van der Waals surface area contributed by atoms with E-state index in [-0.39, 0.29) is 29.9 Å². The van der Waals surface area contributed by atoms with Crippen LogP contribution >= 0.6 is 11.3 Å². The molecule has 0 aliphatic carbocycles. The van der Waals surface area contributed by atoms with E-state index in [9.17, 15) is 14.9 Å². The maximum atomic E-state index is 11.9. The van der Waals surface area contributed by atoms with Crippen LogP contribution in [0.5, 0.6) is 0 Å². The zero-order valence-electron chi connectivity index (χ0n) is 13.1. The lowest BCUT2D eigenvalue weighted by Gasteiger charge is -2.08. The van der Waals surface area contributed by atoms with Crippen molar-refractivity contribution in [3.63, 3.8) is 0 Å². The first-order valence-electron chi connectivity index (χ1n) is 7.31. The van der Waals surface area contributed by atoms with E-state index in [1.807, 2.05) is 16.8 Å². The van der Waals surface area contributed by atoms with Crippen molar-refractivity contribution < 1.29 is 18.9 Å². The van der Waals surface area contributed by atoms with Gasteiger partial charge in [0.05, 0.1) is 11.3 Å². The summed E-state index contributed by atoms with van der Waals surface area (Å²) in [6, 6.07) is 7.59. The molecule has 0 aliphatic heterocycles. The number of carbonyl (C=O) groups is 1. The number of non-ortho nitro benzene ring substituents is 1. The monoisotopic (exact) mass is 359 g/mol. The number of ether oxygens (including phenoxy) is 1. The molecule has 0 fully saturated rings. The van der Waals surface area contributed by atoms with Crippen LogP contribution in [0.2, 0.25) is 0 Å². The molecule has 2 heterocycles. The minimum atomic E-state index is -0.689. The average Bonchev–Trinajstić information content (AvgIpc) is 3.26. The molecule has 1 aromatic carbocycles. The lowest BCUT2D eigenvalue weighted by molar-refractivity contribution is -0.384. The fourth-order valence-corrected chi connectivity index (χ4v) is 2.76. The van der Waals surface area contributed by atoms with Crippen LogP contribution in [0.25, 0.3) is 11.5 Å². The third kappa shape index (κ3) is 4.07. The van der Waals surface area contributed by atoms with Crippen molar-refractivity contribution in [1.82, 2.24) is 10.2 Å². The van der Waals surface area contributed by atoms with Crippen LogP contribution in [-0.2, 0) is 16.0 Å². The first kappa shape index (κ1) is 16.8. The summed E-state index contributed by atoms with van der Waals surface area (Å²) >= 11 is 1.51. The average molecular weight is 359 g/mol. The number of rotatable bonds is 6. The molecule has 0 amide bonds. The second kappa shape index (κ2) is 7.22. The predicted octanol–water partition coefficient (Wildman–Crippen LogP) is 3.55. The van der Waals surface area contributed by atoms with Crippen LogP contribution in [0.4, 0.5) is 5.69 Å². The summed E-state index contributed by atoms with van der Waals surface area (Å²) in [4.78, 5) is 22.1. The molecular formula is C16H13N3O5S. The molecule has 0 spiro atoms. The third-order valence-corrected chi connectivity index (χ3v) is 4.08. The normalized spacial score (nSPS) is 11.9. The summed E-state index contributed by atoms with van der Waals surface area (Å²) < 4.78 is 10.8. The molecule has 0 radical (unpaired) electrons. The maximum Gasteiger partial charge on any atom is 0.311 e. The van der Waals surface area contributed by atoms with E-state index in [2.05, 4.69) is 10.2 Å². The predicted molar refractivity (Wildman–Crippen MR) is 88.9 cm³/mol. The topological polar surface area (TPSA) is 108 Å². The van der Waals surface area contributed by atoms with Gasteiger partial charge in [-0.05, 0) is 41.4 Å². The van der Waals surface area contributed by atoms with E-state index in [0.29, 0.717) is 5.56 Å². The van der Waals surface area contributed by atoms with Crippen LogP contribution in [0.3, 0.4) is 0 Å².